The molecule has 0 radical (unpaired) electrons. The highest BCUT2D eigenvalue weighted by molar-refractivity contribution is 5.91. The van der Waals surface area contributed by atoms with Crippen LogP contribution >= 0.6 is 0 Å². The van der Waals surface area contributed by atoms with Gasteiger partial charge in [0, 0.05) is 12.1 Å². The molecular weight excluding hydrogens is 372 g/mol. The summed E-state index contributed by atoms with van der Waals surface area (Å²) in [5.41, 5.74) is 4.17. The number of hydrogen-bond donors (Lipinski definition) is 1. The smallest absolute Gasteiger partial charge is 0.290 e. The van der Waals surface area contributed by atoms with E-state index in [1.165, 1.54) is 5.56 Å². The predicted octanol–water partition coefficient (Wildman–Crippen LogP) is 4.61. The van der Waals surface area contributed by atoms with Crippen LogP contribution in [0.25, 0.3) is 17.1 Å². The molecule has 4 rings (SSSR count). The molecule has 0 fully saturated rings. The van der Waals surface area contributed by atoms with Crippen LogP contribution < -0.4 is 5.32 Å². The third-order valence-electron chi connectivity index (χ3n) is 4.86. The van der Waals surface area contributed by atoms with Gasteiger partial charge < -0.3 is 5.32 Å². The summed E-state index contributed by atoms with van der Waals surface area (Å²) in [6.45, 7) is 2.61. The number of nitrogens with zero attached hydrogens (tertiary/aromatic N) is 3. The third kappa shape index (κ3) is 4.63. The van der Waals surface area contributed by atoms with Gasteiger partial charge in [-0.15, -0.1) is 5.10 Å². The van der Waals surface area contributed by atoms with Gasteiger partial charge in [-0.2, -0.15) is 0 Å². The van der Waals surface area contributed by atoms with Crippen LogP contribution in [0.2, 0.25) is 0 Å². The largest absolute Gasteiger partial charge is 0.349 e. The lowest BCUT2D eigenvalue weighted by Gasteiger charge is -2.06. The van der Waals surface area contributed by atoms with Crippen LogP contribution in [0.5, 0.6) is 0 Å². The number of aromatic nitrogens is 3. The van der Waals surface area contributed by atoms with E-state index in [2.05, 4.69) is 27.5 Å². The van der Waals surface area contributed by atoms with Gasteiger partial charge in [-0.05, 0) is 43.0 Å². The first kappa shape index (κ1) is 19.6. The van der Waals surface area contributed by atoms with E-state index < -0.39 is 0 Å². The Labute approximate surface area is 176 Å². The SMILES string of the molecule is Cc1cccc(-n2nc(C(=O)NCCCc3ccccc3)nc2-c2ccccc2)c1. The Bertz CT molecular complexity index is 1120. The van der Waals surface area contributed by atoms with Gasteiger partial charge in [0.2, 0.25) is 5.82 Å². The molecule has 1 N–H and O–H groups in total. The van der Waals surface area contributed by atoms with E-state index in [1.54, 1.807) is 4.68 Å². The van der Waals surface area contributed by atoms with Gasteiger partial charge in [-0.3, -0.25) is 4.79 Å². The lowest BCUT2D eigenvalue weighted by atomic mass is 10.1. The highest BCUT2D eigenvalue weighted by Gasteiger charge is 2.18. The van der Waals surface area contributed by atoms with Gasteiger partial charge in [-0.25, -0.2) is 9.67 Å². The molecule has 0 aliphatic heterocycles. The zero-order valence-electron chi connectivity index (χ0n) is 17.0. The quantitative estimate of drug-likeness (QED) is 0.464. The Morgan fingerprint density at radius 3 is 2.40 bits per heavy atom. The van der Waals surface area contributed by atoms with E-state index >= 15 is 0 Å². The van der Waals surface area contributed by atoms with Crippen LogP contribution in [0, 0.1) is 6.92 Å². The van der Waals surface area contributed by atoms with Crippen molar-refractivity contribution in [1.29, 1.82) is 0 Å². The highest BCUT2D eigenvalue weighted by atomic mass is 16.2. The first-order chi connectivity index (χ1) is 14.7. The molecule has 0 atom stereocenters. The summed E-state index contributed by atoms with van der Waals surface area (Å²) in [4.78, 5) is 17.3. The van der Waals surface area contributed by atoms with Crippen LogP contribution in [0.15, 0.2) is 84.9 Å². The lowest BCUT2D eigenvalue weighted by Crippen LogP contribution is -2.26. The maximum absolute atomic E-state index is 12.7. The number of nitrogens with one attached hydrogen (secondary N) is 1. The fourth-order valence-corrected chi connectivity index (χ4v) is 3.34. The summed E-state index contributed by atoms with van der Waals surface area (Å²) in [5.74, 6) is 0.567. The lowest BCUT2D eigenvalue weighted by molar-refractivity contribution is 0.0943. The maximum atomic E-state index is 12.7. The zero-order valence-corrected chi connectivity index (χ0v) is 17.0. The second kappa shape index (κ2) is 9.18. The van der Waals surface area contributed by atoms with Crippen molar-refractivity contribution in [2.24, 2.45) is 0 Å². The molecule has 0 aliphatic rings. The van der Waals surface area contributed by atoms with Crippen molar-refractivity contribution in [3.63, 3.8) is 0 Å². The molecule has 1 aromatic heterocycles. The van der Waals surface area contributed by atoms with Gasteiger partial charge in [0.1, 0.15) is 0 Å². The number of carbonyl (C=O) groups is 1. The molecule has 0 aliphatic carbocycles. The summed E-state index contributed by atoms with van der Waals surface area (Å²) in [5, 5.41) is 7.48. The monoisotopic (exact) mass is 396 g/mol. The van der Waals surface area contributed by atoms with E-state index in [1.807, 2.05) is 79.7 Å². The van der Waals surface area contributed by atoms with Crippen molar-refractivity contribution >= 4 is 5.91 Å². The van der Waals surface area contributed by atoms with Crippen molar-refractivity contribution < 1.29 is 4.79 Å². The van der Waals surface area contributed by atoms with Crippen LogP contribution in [-0.2, 0) is 6.42 Å². The molecule has 1 amide bonds. The topological polar surface area (TPSA) is 59.8 Å². The van der Waals surface area contributed by atoms with Gasteiger partial charge in [0.25, 0.3) is 5.91 Å². The summed E-state index contributed by atoms with van der Waals surface area (Å²) < 4.78 is 1.74. The molecule has 5 heteroatoms. The molecule has 3 aromatic carbocycles. The molecule has 150 valence electrons. The molecule has 0 saturated carbocycles. The van der Waals surface area contributed by atoms with Crippen molar-refractivity contribution in [2.75, 3.05) is 6.54 Å². The third-order valence-corrected chi connectivity index (χ3v) is 4.86. The molecule has 1 heterocycles. The molecule has 0 saturated heterocycles. The molecular formula is C25H24N4O. The van der Waals surface area contributed by atoms with E-state index in [9.17, 15) is 4.79 Å². The standard InChI is InChI=1S/C25H24N4O/c1-19-10-8-16-22(18-19)29-24(21-14-6-3-7-15-21)27-23(28-29)25(30)26-17-9-13-20-11-4-2-5-12-20/h2-8,10-12,14-16,18H,9,13,17H2,1H3,(H,26,30). The van der Waals surface area contributed by atoms with Gasteiger partial charge in [0.15, 0.2) is 5.82 Å². The Kier molecular flexibility index (Phi) is 5.99. The van der Waals surface area contributed by atoms with Crippen LogP contribution in [0.3, 0.4) is 0 Å². The number of benzene rings is 3. The second-order valence-electron chi connectivity index (χ2n) is 7.22. The average Bonchev–Trinajstić information content (AvgIpc) is 3.24. The number of rotatable bonds is 7. The summed E-state index contributed by atoms with van der Waals surface area (Å²) >= 11 is 0. The summed E-state index contributed by atoms with van der Waals surface area (Å²) in [6.07, 6.45) is 1.78. The Morgan fingerprint density at radius 1 is 0.933 bits per heavy atom. The minimum atomic E-state index is -0.258. The molecule has 0 bridgehead atoms. The van der Waals surface area contributed by atoms with Gasteiger partial charge in [0.05, 0.1) is 5.69 Å². The Balaban J connectivity index is 1.52. The van der Waals surface area contributed by atoms with E-state index in [0.29, 0.717) is 12.4 Å². The van der Waals surface area contributed by atoms with Crippen molar-refractivity contribution in [2.45, 2.75) is 19.8 Å². The fourth-order valence-electron chi connectivity index (χ4n) is 3.34. The number of aryl methyl sites for hydroxylation is 2. The molecule has 0 unspecified atom stereocenters. The summed E-state index contributed by atoms with van der Waals surface area (Å²) in [7, 11) is 0. The average molecular weight is 396 g/mol. The first-order valence-electron chi connectivity index (χ1n) is 10.1. The van der Waals surface area contributed by atoms with E-state index in [0.717, 1.165) is 29.7 Å². The van der Waals surface area contributed by atoms with Crippen LogP contribution in [0.1, 0.15) is 28.2 Å². The van der Waals surface area contributed by atoms with E-state index in [-0.39, 0.29) is 11.7 Å². The Morgan fingerprint density at radius 2 is 1.67 bits per heavy atom. The second-order valence-corrected chi connectivity index (χ2v) is 7.22. The van der Waals surface area contributed by atoms with Crippen molar-refractivity contribution in [3.8, 4) is 17.1 Å². The van der Waals surface area contributed by atoms with Crippen LogP contribution in [0.4, 0.5) is 0 Å². The summed E-state index contributed by atoms with van der Waals surface area (Å²) in [6, 6.07) is 28.1. The zero-order chi connectivity index (χ0) is 20.8. The van der Waals surface area contributed by atoms with Gasteiger partial charge >= 0.3 is 0 Å². The molecule has 0 spiro atoms. The predicted molar refractivity (Wildman–Crippen MR) is 119 cm³/mol. The van der Waals surface area contributed by atoms with Crippen molar-refractivity contribution in [3.05, 3.63) is 102 Å². The minimum Gasteiger partial charge on any atom is -0.349 e. The first-order valence-corrected chi connectivity index (χ1v) is 10.1. The van der Waals surface area contributed by atoms with Crippen molar-refractivity contribution in [1.82, 2.24) is 20.1 Å². The molecule has 4 aromatic rings. The van der Waals surface area contributed by atoms with Gasteiger partial charge in [-0.1, -0.05) is 72.8 Å². The molecule has 30 heavy (non-hydrogen) atoms. The maximum Gasteiger partial charge on any atom is 0.290 e. The number of hydrogen-bond acceptors (Lipinski definition) is 3. The Hall–Kier alpha value is -3.73. The minimum absolute atomic E-state index is 0.176. The normalized spacial score (nSPS) is 10.7. The van der Waals surface area contributed by atoms with Crippen LogP contribution in [-0.4, -0.2) is 27.2 Å². The molecule has 5 nitrogen and oxygen atoms in total. The van der Waals surface area contributed by atoms with E-state index in [4.69, 9.17) is 0 Å². The highest BCUT2D eigenvalue weighted by Crippen LogP contribution is 2.21. The number of carbonyl (C=O) groups excluding carboxylic acids is 1. The number of amides is 1. The fraction of sp³-hybridized carbons (Fsp3) is 0.160.